The highest BCUT2D eigenvalue weighted by molar-refractivity contribution is 6.40. The van der Waals surface area contributed by atoms with Gasteiger partial charge in [-0.25, -0.2) is 9.97 Å². The summed E-state index contributed by atoms with van der Waals surface area (Å²) in [4.78, 5) is 35.6. The minimum atomic E-state index is -0.450. The molecule has 0 bridgehead atoms. The van der Waals surface area contributed by atoms with Crippen LogP contribution in [-0.4, -0.2) is 52.9 Å². The van der Waals surface area contributed by atoms with Crippen molar-refractivity contribution >= 4 is 52.3 Å². The number of allylic oxidation sites excluding steroid dienone is 2. The third-order valence-corrected chi connectivity index (χ3v) is 5.89. The van der Waals surface area contributed by atoms with E-state index in [0.29, 0.717) is 23.7 Å². The first-order valence-electron chi connectivity index (χ1n) is 11.1. The van der Waals surface area contributed by atoms with Crippen LogP contribution in [0.4, 0.5) is 17.3 Å². The molecule has 180 valence electrons. The van der Waals surface area contributed by atoms with Crippen LogP contribution >= 0.6 is 23.2 Å². The van der Waals surface area contributed by atoms with Crippen LogP contribution in [0.5, 0.6) is 0 Å². The van der Waals surface area contributed by atoms with E-state index in [-0.39, 0.29) is 21.5 Å². The lowest BCUT2D eigenvalue weighted by molar-refractivity contribution is -0.112. The van der Waals surface area contributed by atoms with E-state index >= 15 is 0 Å². The van der Waals surface area contributed by atoms with Gasteiger partial charge in [-0.2, -0.15) is 0 Å². The topological polar surface area (TPSA) is 99.2 Å². The van der Waals surface area contributed by atoms with Crippen LogP contribution < -0.4 is 16.0 Å². The van der Waals surface area contributed by atoms with Crippen molar-refractivity contribution < 1.29 is 9.59 Å². The van der Waals surface area contributed by atoms with Crippen LogP contribution in [0.25, 0.3) is 0 Å². The first kappa shape index (κ1) is 25.7. The maximum absolute atomic E-state index is 12.5. The second-order valence-electron chi connectivity index (χ2n) is 7.80. The summed E-state index contributed by atoms with van der Waals surface area (Å²) in [5, 5.41) is 9.24. The molecule has 2 amide bonds. The lowest BCUT2D eigenvalue weighted by Gasteiger charge is -2.14. The maximum Gasteiger partial charge on any atom is 0.258 e. The average molecular weight is 503 g/mol. The molecule has 1 fully saturated rings. The number of carbonyl (C=O) groups excluding carboxylic acids is 2. The lowest BCUT2D eigenvalue weighted by Crippen LogP contribution is -2.33. The fraction of sp³-hybridized carbons (Fsp3) is 0.333. The van der Waals surface area contributed by atoms with Gasteiger partial charge in [-0.3, -0.25) is 9.59 Å². The first-order chi connectivity index (χ1) is 16.4. The molecule has 1 aliphatic heterocycles. The molecule has 1 saturated heterocycles. The fourth-order valence-electron chi connectivity index (χ4n) is 3.49. The van der Waals surface area contributed by atoms with Gasteiger partial charge in [0.2, 0.25) is 5.95 Å². The van der Waals surface area contributed by atoms with Crippen molar-refractivity contribution in [3.8, 4) is 0 Å². The summed E-state index contributed by atoms with van der Waals surface area (Å²) >= 11 is 12.1. The van der Waals surface area contributed by atoms with Gasteiger partial charge in [0.1, 0.15) is 0 Å². The summed E-state index contributed by atoms with van der Waals surface area (Å²) in [6.45, 7) is 7.05. The summed E-state index contributed by atoms with van der Waals surface area (Å²) in [5.74, 6) is -0.202. The van der Waals surface area contributed by atoms with Crippen molar-refractivity contribution in [2.24, 2.45) is 0 Å². The summed E-state index contributed by atoms with van der Waals surface area (Å²) in [5.41, 5.74) is 1.90. The summed E-state index contributed by atoms with van der Waals surface area (Å²) in [6.07, 6.45) is 7.01. The highest BCUT2D eigenvalue weighted by atomic mass is 35.5. The highest BCUT2D eigenvalue weighted by Crippen LogP contribution is 2.23. The SMILES string of the molecule is C/C=C(Cl)\C(C(=O)Nc1cnc(Nc2ccc(C(=O)NCCN3CCCC3)cc2)nc1)=C(/C)Cl. The zero-order valence-corrected chi connectivity index (χ0v) is 20.7. The van der Waals surface area contributed by atoms with Gasteiger partial charge in [0, 0.05) is 29.4 Å². The zero-order chi connectivity index (χ0) is 24.5. The third kappa shape index (κ3) is 7.28. The average Bonchev–Trinajstić information content (AvgIpc) is 3.34. The van der Waals surface area contributed by atoms with Crippen molar-refractivity contribution in [1.29, 1.82) is 0 Å². The Labute approximate surface area is 209 Å². The van der Waals surface area contributed by atoms with Crippen LogP contribution in [0, 0.1) is 0 Å². The van der Waals surface area contributed by atoms with E-state index in [2.05, 4.69) is 30.8 Å². The normalized spacial score (nSPS) is 15.0. The van der Waals surface area contributed by atoms with Crippen LogP contribution in [0.3, 0.4) is 0 Å². The Kier molecular flexibility index (Phi) is 9.44. The predicted molar refractivity (Wildman–Crippen MR) is 137 cm³/mol. The molecule has 0 aliphatic carbocycles. The van der Waals surface area contributed by atoms with Crippen LogP contribution in [0.15, 0.2) is 58.4 Å². The summed E-state index contributed by atoms with van der Waals surface area (Å²) < 4.78 is 0. The van der Waals surface area contributed by atoms with E-state index in [4.69, 9.17) is 23.2 Å². The molecule has 3 N–H and O–H groups in total. The maximum atomic E-state index is 12.5. The Balaban J connectivity index is 1.52. The summed E-state index contributed by atoms with van der Waals surface area (Å²) in [6, 6.07) is 7.06. The number of nitrogens with one attached hydrogen (secondary N) is 3. The molecule has 10 heteroatoms. The molecular formula is C24H28Cl2N6O2. The molecule has 0 radical (unpaired) electrons. The van der Waals surface area contributed by atoms with Crippen molar-refractivity contribution in [2.75, 3.05) is 36.8 Å². The van der Waals surface area contributed by atoms with Gasteiger partial charge in [-0.15, -0.1) is 0 Å². The van der Waals surface area contributed by atoms with E-state index in [1.54, 1.807) is 44.2 Å². The number of carbonyl (C=O) groups is 2. The minimum absolute atomic E-state index is 0.0966. The van der Waals surface area contributed by atoms with Gasteiger partial charge in [-0.05, 0) is 64.0 Å². The number of aromatic nitrogens is 2. The van der Waals surface area contributed by atoms with Crippen molar-refractivity contribution in [3.05, 3.63) is 63.9 Å². The number of hydrogen-bond donors (Lipinski definition) is 3. The number of anilines is 3. The smallest absolute Gasteiger partial charge is 0.258 e. The van der Waals surface area contributed by atoms with E-state index < -0.39 is 5.91 Å². The van der Waals surface area contributed by atoms with E-state index in [1.807, 2.05) is 0 Å². The van der Waals surface area contributed by atoms with Crippen molar-refractivity contribution in [2.45, 2.75) is 26.7 Å². The predicted octanol–water partition coefficient (Wildman–Crippen LogP) is 4.64. The van der Waals surface area contributed by atoms with E-state index in [0.717, 1.165) is 25.3 Å². The number of nitrogens with zero attached hydrogens (tertiary/aromatic N) is 3. The molecule has 0 spiro atoms. The Morgan fingerprint density at radius 2 is 1.71 bits per heavy atom. The summed E-state index contributed by atoms with van der Waals surface area (Å²) in [7, 11) is 0. The van der Waals surface area contributed by atoms with Crippen molar-refractivity contribution in [3.63, 3.8) is 0 Å². The number of likely N-dealkylation sites (tertiary alicyclic amines) is 1. The molecule has 2 heterocycles. The van der Waals surface area contributed by atoms with Gasteiger partial charge in [0.15, 0.2) is 0 Å². The van der Waals surface area contributed by atoms with Crippen LogP contribution in [0.1, 0.15) is 37.0 Å². The second kappa shape index (κ2) is 12.5. The van der Waals surface area contributed by atoms with Gasteiger partial charge in [0.25, 0.3) is 11.8 Å². The minimum Gasteiger partial charge on any atom is -0.351 e. The molecule has 34 heavy (non-hydrogen) atoms. The Morgan fingerprint density at radius 1 is 1.06 bits per heavy atom. The standard InChI is InChI=1S/C24H28Cl2N6O2/c1-3-20(26)21(16(2)25)23(34)30-19-14-28-24(29-15-19)31-18-8-6-17(7-9-18)22(33)27-10-13-32-11-4-5-12-32/h3,6-9,14-15H,4-5,10-13H2,1-2H3,(H,27,33)(H,30,34)(H,28,29,31)/b20-3+,21-16-. The Hall–Kier alpha value is -2.94. The molecule has 0 unspecified atom stereocenters. The quantitative estimate of drug-likeness (QED) is 0.341. The first-order valence-corrected chi connectivity index (χ1v) is 11.8. The van der Waals surface area contributed by atoms with Gasteiger partial charge in [0.05, 0.1) is 28.7 Å². The Morgan fingerprint density at radius 3 is 2.29 bits per heavy atom. The zero-order valence-electron chi connectivity index (χ0n) is 19.2. The largest absolute Gasteiger partial charge is 0.351 e. The molecule has 0 saturated carbocycles. The lowest BCUT2D eigenvalue weighted by atomic mass is 10.2. The molecule has 3 rings (SSSR count). The number of benzene rings is 1. The van der Waals surface area contributed by atoms with E-state index in [9.17, 15) is 9.59 Å². The second-order valence-corrected chi connectivity index (χ2v) is 8.78. The molecule has 0 atom stereocenters. The van der Waals surface area contributed by atoms with Gasteiger partial charge >= 0.3 is 0 Å². The number of halogens is 2. The van der Waals surface area contributed by atoms with Crippen molar-refractivity contribution in [1.82, 2.24) is 20.2 Å². The monoisotopic (exact) mass is 502 g/mol. The Bertz CT molecular complexity index is 1060. The number of amides is 2. The molecule has 2 aromatic rings. The molecular weight excluding hydrogens is 475 g/mol. The van der Waals surface area contributed by atoms with Crippen LogP contribution in [0.2, 0.25) is 0 Å². The molecule has 1 aliphatic rings. The molecule has 1 aromatic carbocycles. The number of rotatable bonds is 9. The highest BCUT2D eigenvalue weighted by Gasteiger charge is 2.16. The molecule has 8 nitrogen and oxygen atoms in total. The molecule has 1 aromatic heterocycles. The van der Waals surface area contributed by atoms with E-state index in [1.165, 1.54) is 25.2 Å². The number of hydrogen-bond acceptors (Lipinski definition) is 6. The van der Waals surface area contributed by atoms with Crippen LogP contribution in [-0.2, 0) is 4.79 Å². The fourth-order valence-corrected chi connectivity index (χ4v) is 3.96. The third-order valence-electron chi connectivity index (χ3n) is 5.29. The van der Waals surface area contributed by atoms with Gasteiger partial charge in [-0.1, -0.05) is 29.3 Å². The van der Waals surface area contributed by atoms with Gasteiger partial charge < -0.3 is 20.9 Å².